The van der Waals surface area contributed by atoms with Gasteiger partial charge in [0.05, 0.1) is 5.41 Å². The second-order valence-electron chi connectivity index (χ2n) is 4.28. The molecule has 0 aromatic carbocycles. The number of aliphatic carboxylic acids is 1. The van der Waals surface area contributed by atoms with E-state index in [9.17, 15) is 14.4 Å². The first-order chi connectivity index (χ1) is 7.75. The van der Waals surface area contributed by atoms with E-state index in [1.54, 1.807) is 0 Å². The van der Waals surface area contributed by atoms with Crippen LogP contribution in [0.15, 0.2) is 0 Å². The Bertz CT molecular complexity index is 302. The number of carbonyl (C=O) groups excluding carboxylic acids is 2. The number of nitrogens with one attached hydrogen (secondary N) is 3. The van der Waals surface area contributed by atoms with Crippen molar-refractivity contribution in [2.24, 2.45) is 5.41 Å². The molecule has 0 spiro atoms. The van der Waals surface area contributed by atoms with Crippen molar-refractivity contribution in [1.29, 1.82) is 0 Å². The fourth-order valence-corrected chi connectivity index (χ4v) is 0.854. The van der Waals surface area contributed by atoms with Crippen LogP contribution in [-0.4, -0.2) is 42.6 Å². The van der Waals surface area contributed by atoms with Gasteiger partial charge in [-0.1, -0.05) is 0 Å². The van der Waals surface area contributed by atoms with Gasteiger partial charge in [-0.3, -0.25) is 9.59 Å². The van der Waals surface area contributed by atoms with Gasteiger partial charge in [0.25, 0.3) is 0 Å². The fourth-order valence-electron chi connectivity index (χ4n) is 0.854. The third kappa shape index (κ3) is 7.15. The van der Waals surface area contributed by atoms with Gasteiger partial charge in [0.2, 0.25) is 5.91 Å². The van der Waals surface area contributed by atoms with Crippen molar-refractivity contribution in [1.82, 2.24) is 16.0 Å². The lowest BCUT2D eigenvalue weighted by molar-refractivity contribution is -0.146. The number of carboxylic acids is 1. The summed E-state index contributed by atoms with van der Waals surface area (Å²) < 4.78 is 0. The number of rotatable bonds is 6. The Morgan fingerprint density at radius 1 is 1.06 bits per heavy atom. The molecule has 0 atom stereocenters. The van der Waals surface area contributed by atoms with Crippen LogP contribution in [0.25, 0.3) is 0 Å². The van der Waals surface area contributed by atoms with Crippen molar-refractivity contribution < 1.29 is 19.5 Å². The van der Waals surface area contributed by atoms with Crippen LogP contribution < -0.4 is 16.0 Å². The van der Waals surface area contributed by atoms with Crippen LogP contribution in [0.4, 0.5) is 4.79 Å². The van der Waals surface area contributed by atoms with E-state index in [2.05, 4.69) is 16.0 Å². The smallest absolute Gasteiger partial charge is 0.314 e. The maximum atomic E-state index is 11.2. The molecule has 98 valence electrons. The molecular weight excluding hydrogens is 226 g/mol. The van der Waals surface area contributed by atoms with Gasteiger partial charge >= 0.3 is 12.0 Å². The molecule has 0 saturated heterocycles. The summed E-state index contributed by atoms with van der Waals surface area (Å²) in [5.74, 6) is -1.14. The zero-order chi connectivity index (χ0) is 13.5. The first kappa shape index (κ1) is 15.2. The van der Waals surface area contributed by atoms with Crippen molar-refractivity contribution in [3.8, 4) is 0 Å². The first-order valence-corrected chi connectivity index (χ1v) is 5.25. The van der Waals surface area contributed by atoms with E-state index in [-0.39, 0.29) is 12.5 Å². The Balaban J connectivity index is 3.74. The van der Waals surface area contributed by atoms with Gasteiger partial charge in [0.15, 0.2) is 0 Å². The van der Waals surface area contributed by atoms with Crippen LogP contribution in [0, 0.1) is 5.41 Å². The molecule has 0 aromatic rings. The Morgan fingerprint density at radius 2 is 1.59 bits per heavy atom. The number of hydrogen-bond acceptors (Lipinski definition) is 3. The molecule has 0 aliphatic carbocycles. The molecule has 0 heterocycles. The van der Waals surface area contributed by atoms with Crippen molar-refractivity contribution >= 4 is 17.9 Å². The van der Waals surface area contributed by atoms with Gasteiger partial charge in [-0.15, -0.1) is 0 Å². The summed E-state index contributed by atoms with van der Waals surface area (Å²) in [6.45, 7) is 5.09. The number of carbonyl (C=O) groups is 3. The Morgan fingerprint density at radius 3 is 2.06 bits per heavy atom. The highest BCUT2D eigenvalue weighted by Gasteiger charge is 2.27. The van der Waals surface area contributed by atoms with Crippen LogP contribution in [0.1, 0.15) is 20.8 Å². The second-order valence-corrected chi connectivity index (χ2v) is 4.28. The lowest BCUT2D eigenvalue weighted by Crippen LogP contribution is -2.45. The molecule has 0 fully saturated rings. The average Bonchev–Trinajstić information content (AvgIpc) is 2.21. The van der Waals surface area contributed by atoms with Crippen LogP contribution >= 0.6 is 0 Å². The zero-order valence-electron chi connectivity index (χ0n) is 10.3. The normalized spacial score (nSPS) is 10.5. The highest BCUT2D eigenvalue weighted by atomic mass is 16.4. The van der Waals surface area contributed by atoms with Gasteiger partial charge in [0, 0.05) is 26.6 Å². The summed E-state index contributed by atoms with van der Waals surface area (Å²) in [6, 6.07) is -0.454. The molecule has 7 heteroatoms. The number of carboxylic acid groups (broad SMARTS) is 1. The van der Waals surface area contributed by atoms with Gasteiger partial charge in [-0.05, 0) is 13.8 Å². The van der Waals surface area contributed by atoms with E-state index in [1.807, 2.05) is 0 Å². The Labute approximate surface area is 100.0 Å². The minimum Gasteiger partial charge on any atom is -0.481 e. The summed E-state index contributed by atoms with van der Waals surface area (Å²) in [7, 11) is 0. The highest BCUT2D eigenvalue weighted by Crippen LogP contribution is 2.12. The third-order valence-corrected chi connectivity index (χ3v) is 2.05. The largest absolute Gasteiger partial charge is 0.481 e. The molecule has 0 radical (unpaired) electrons. The summed E-state index contributed by atoms with van der Waals surface area (Å²) in [6.07, 6.45) is 0. The molecule has 0 aliphatic heterocycles. The SMILES string of the molecule is CC(=O)NCCNC(=O)NCC(C)(C)C(=O)O. The van der Waals surface area contributed by atoms with Gasteiger partial charge < -0.3 is 21.1 Å². The predicted molar refractivity (Wildman–Crippen MR) is 61.5 cm³/mol. The molecule has 4 N–H and O–H groups in total. The van der Waals surface area contributed by atoms with Crippen molar-refractivity contribution in [3.05, 3.63) is 0 Å². The minimum absolute atomic E-state index is 0.0360. The van der Waals surface area contributed by atoms with E-state index >= 15 is 0 Å². The molecule has 7 nitrogen and oxygen atoms in total. The van der Waals surface area contributed by atoms with Crippen LogP contribution in [-0.2, 0) is 9.59 Å². The predicted octanol–water partition coefficient (Wildman–Crippen LogP) is -0.467. The Kier molecular flexibility index (Phi) is 6.01. The summed E-state index contributed by atoms with van der Waals surface area (Å²) in [5.41, 5.74) is -1.00. The standard InChI is InChI=1S/C10H19N3O4/c1-7(14)11-4-5-12-9(17)13-6-10(2,3)8(15)16/h4-6H2,1-3H3,(H,11,14)(H,15,16)(H2,12,13,17). The van der Waals surface area contributed by atoms with Crippen LogP contribution in [0.5, 0.6) is 0 Å². The van der Waals surface area contributed by atoms with E-state index < -0.39 is 17.4 Å². The van der Waals surface area contributed by atoms with Crippen LogP contribution in [0.3, 0.4) is 0 Å². The Hall–Kier alpha value is -1.79. The molecule has 0 bridgehead atoms. The third-order valence-electron chi connectivity index (χ3n) is 2.05. The molecule has 17 heavy (non-hydrogen) atoms. The van der Waals surface area contributed by atoms with E-state index in [0.717, 1.165) is 0 Å². The maximum Gasteiger partial charge on any atom is 0.314 e. The molecule has 0 saturated carbocycles. The molecular formula is C10H19N3O4. The quantitative estimate of drug-likeness (QED) is 0.474. The lowest BCUT2D eigenvalue weighted by atomic mass is 9.94. The van der Waals surface area contributed by atoms with Crippen molar-refractivity contribution in [2.45, 2.75) is 20.8 Å². The van der Waals surface area contributed by atoms with E-state index in [1.165, 1.54) is 20.8 Å². The minimum atomic E-state index is -1.00. The number of hydrogen-bond donors (Lipinski definition) is 4. The molecule has 0 aliphatic rings. The fraction of sp³-hybridized carbons (Fsp3) is 0.700. The summed E-state index contributed by atoms with van der Waals surface area (Å²) in [4.78, 5) is 32.5. The molecule has 0 unspecified atom stereocenters. The van der Waals surface area contributed by atoms with Crippen molar-refractivity contribution in [2.75, 3.05) is 19.6 Å². The van der Waals surface area contributed by atoms with Gasteiger partial charge in [-0.2, -0.15) is 0 Å². The summed E-state index contributed by atoms with van der Waals surface area (Å²) in [5, 5.41) is 16.3. The number of urea groups is 1. The topological polar surface area (TPSA) is 108 Å². The van der Waals surface area contributed by atoms with Crippen molar-refractivity contribution in [3.63, 3.8) is 0 Å². The zero-order valence-corrected chi connectivity index (χ0v) is 10.3. The van der Waals surface area contributed by atoms with Gasteiger partial charge in [0.1, 0.15) is 0 Å². The average molecular weight is 245 g/mol. The molecule has 0 aromatic heterocycles. The van der Waals surface area contributed by atoms with E-state index in [0.29, 0.717) is 13.1 Å². The maximum absolute atomic E-state index is 11.2. The van der Waals surface area contributed by atoms with E-state index in [4.69, 9.17) is 5.11 Å². The molecule has 3 amide bonds. The number of amides is 3. The second kappa shape index (κ2) is 6.72. The first-order valence-electron chi connectivity index (χ1n) is 5.25. The summed E-state index contributed by atoms with van der Waals surface area (Å²) >= 11 is 0. The highest BCUT2D eigenvalue weighted by molar-refractivity contribution is 5.77. The molecule has 0 rings (SSSR count). The monoisotopic (exact) mass is 245 g/mol. The van der Waals surface area contributed by atoms with Crippen LogP contribution in [0.2, 0.25) is 0 Å². The van der Waals surface area contributed by atoms with Gasteiger partial charge in [-0.25, -0.2) is 4.79 Å². The lowest BCUT2D eigenvalue weighted by Gasteiger charge is -2.19.